The molecule has 0 spiro atoms. The number of benzene rings is 1. The van der Waals surface area contributed by atoms with Crippen LogP contribution >= 0.6 is 0 Å². The van der Waals surface area contributed by atoms with Crippen LogP contribution in [0.2, 0.25) is 0 Å². The van der Waals surface area contributed by atoms with E-state index in [2.05, 4.69) is 16.8 Å². The number of nitrogens with zero attached hydrogens (tertiary/aromatic N) is 2. The molecule has 3 rings (SSSR count). The number of aryl methyl sites for hydroxylation is 2. The minimum absolute atomic E-state index is 0.475. The smallest absolute Gasteiger partial charge is 0.214 e. The molecule has 98 valence electrons. The third-order valence-electron chi connectivity index (χ3n) is 3.23. The summed E-state index contributed by atoms with van der Waals surface area (Å²) >= 11 is 0. The molecule has 1 aromatic carbocycles. The predicted octanol–water partition coefficient (Wildman–Crippen LogP) is 3.42. The fraction of sp³-hybridized carbons (Fsp3) is 0.118. The highest BCUT2D eigenvalue weighted by molar-refractivity contribution is 5.78. The molecule has 3 heteroatoms. The van der Waals surface area contributed by atoms with Crippen LogP contribution in [0.4, 0.5) is 4.39 Å². The van der Waals surface area contributed by atoms with E-state index in [1.807, 2.05) is 44.3 Å². The number of aromatic nitrogens is 2. The SMILES string of the molecule is Cc1ccc(C#Cc2cc3ccc(F)nc3n2C)cc1. The normalized spacial score (nSPS) is 10.3. The summed E-state index contributed by atoms with van der Waals surface area (Å²) in [5.74, 6) is 5.75. The van der Waals surface area contributed by atoms with Crippen LogP contribution in [-0.2, 0) is 7.05 Å². The number of rotatable bonds is 0. The first-order valence-corrected chi connectivity index (χ1v) is 6.34. The minimum Gasteiger partial charge on any atom is -0.322 e. The van der Waals surface area contributed by atoms with Gasteiger partial charge < -0.3 is 4.57 Å². The average Bonchev–Trinajstić information content (AvgIpc) is 2.75. The van der Waals surface area contributed by atoms with Gasteiger partial charge in [0.05, 0.1) is 5.69 Å². The zero-order valence-electron chi connectivity index (χ0n) is 11.3. The summed E-state index contributed by atoms with van der Waals surface area (Å²) in [7, 11) is 1.84. The van der Waals surface area contributed by atoms with Crippen LogP contribution in [0.3, 0.4) is 0 Å². The van der Waals surface area contributed by atoms with E-state index in [-0.39, 0.29) is 0 Å². The maximum atomic E-state index is 13.2. The maximum Gasteiger partial charge on any atom is 0.214 e. The highest BCUT2D eigenvalue weighted by Gasteiger charge is 2.05. The Morgan fingerprint density at radius 3 is 2.55 bits per heavy atom. The molecule has 0 atom stereocenters. The molecule has 0 bridgehead atoms. The molecule has 0 unspecified atom stereocenters. The van der Waals surface area contributed by atoms with Gasteiger partial charge in [0.15, 0.2) is 0 Å². The van der Waals surface area contributed by atoms with Gasteiger partial charge in [0.1, 0.15) is 5.65 Å². The van der Waals surface area contributed by atoms with Gasteiger partial charge >= 0.3 is 0 Å². The van der Waals surface area contributed by atoms with Crippen molar-refractivity contribution in [2.75, 3.05) is 0 Å². The highest BCUT2D eigenvalue weighted by atomic mass is 19.1. The Labute approximate surface area is 116 Å². The van der Waals surface area contributed by atoms with E-state index < -0.39 is 5.95 Å². The van der Waals surface area contributed by atoms with Crippen LogP contribution in [0, 0.1) is 24.7 Å². The second-order valence-corrected chi connectivity index (χ2v) is 4.75. The van der Waals surface area contributed by atoms with E-state index in [9.17, 15) is 4.39 Å². The van der Waals surface area contributed by atoms with Crippen LogP contribution in [0.25, 0.3) is 11.0 Å². The number of fused-ring (bicyclic) bond motifs is 1. The lowest BCUT2D eigenvalue weighted by Crippen LogP contribution is -1.94. The highest BCUT2D eigenvalue weighted by Crippen LogP contribution is 2.16. The van der Waals surface area contributed by atoms with Gasteiger partial charge in [-0.1, -0.05) is 23.6 Å². The van der Waals surface area contributed by atoms with Crippen molar-refractivity contribution in [3.8, 4) is 11.8 Å². The molecule has 0 fully saturated rings. The van der Waals surface area contributed by atoms with Gasteiger partial charge in [0.2, 0.25) is 5.95 Å². The Balaban J connectivity index is 2.03. The van der Waals surface area contributed by atoms with E-state index in [0.29, 0.717) is 5.65 Å². The molecule has 0 radical (unpaired) electrons. The van der Waals surface area contributed by atoms with Gasteiger partial charge in [-0.3, -0.25) is 0 Å². The largest absolute Gasteiger partial charge is 0.322 e. The van der Waals surface area contributed by atoms with Crippen molar-refractivity contribution >= 4 is 11.0 Å². The number of halogens is 1. The van der Waals surface area contributed by atoms with Crippen molar-refractivity contribution in [1.82, 2.24) is 9.55 Å². The van der Waals surface area contributed by atoms with Crippen molar-refractivity contribution in [2.24, 2.45) is 7.05 Å². The molecule has 0 aliphatic rings. The summed E-state index contributed by atoms with van der Waals surface area (Å²) in [5.41, 5.74) is 3.59. The Morgan fingerprint density at radius 2 is 1.80 bits per heavy atom. The first kappa shape index (κ1) is 12.4. The molecular formula is C17H13FN2. The summed E-state index contributed by atoms with van der Waals surface area (Å²) in [6, 6.07) is 13.0. The summed E-state index contributed by atoms with van der Waals surface area (Å²) in [5, 5.41) is 0.891. The molecule has 2 aromatic heterocycles. The fourth-order valence-corrected chi connectivity index (χ4v) is 2.07. The van der Waals surface area contributed by atoms with Gasteiger partial charge in [-0.2, -0.15) is 4.39 Å². The van der Waals surface area contributed by atoms with E-state index in [1.54, 1.807) is 10.6 Å². The minimum atomic E-state index is -0.475. The quantitative estimate of drug-likeness (QED) is 0.449. The Hall–Kier alpha value is -2.60. The van der Waals surface area contributed by atoms with Crippen LogP contribution in [-0.4, -0.2) is 9.55 Å². The van der Waals surface area contributed by atoms with Gasteiger partial charge in [-0.15, -0.1) is 0 Å². The third kappa shape index (κ3) is 2.28. The predicted molar refractivity (Wildman–Crippen MR) is 77.8 cm³/mol. The van der Waals surface area contributed by atoms with Gasteiger partial charge in [-0.05, 0) is 43.2 Å². The third-order valence-corrected chi connectivity index (χ3v) is 3.23. The Kier molecular flexibility index (Phi) is 3.00. The van der Waals surface area contributed by atoms with Crippen LogP contribution in [0.15, 0.2) is 42.5 Å². The average molecular weight is 264 g/mol. The monoisotopic (exact) mass is 264 g/mol. The van der Waals surface area contributed by atoms with Crippen molar-refractivity contribution in [1.29, 1.82) is 0 Å². The van der Waals surface area contributed by atoms with Crippen LogP contribution < -0.4 is 0 Å². The second-order valence-electron chi connectivity index (χ2n) is 4.75. The lowest BCUT2D eigenvalue weighted by molar-refractivity contribution is 0.586. The van der Waals surface area contributed by atoms with Gasteiger partial charge in [0, 0.05) is 18.0 Å². The van der Waals surface area contributed by atoms with Crippen molar-refractivity contribution < 1.29 is 4.39 Å². The lowest BCUT2D eigenvalue weighted by Gasteiger charge is -1.96. The molecule has 0 aliphatic carbocycles. The van der Waals surface area contributed by atoms with E-state index in [1.165, 1.54) is 11.6 Å². The number of hydrogen-bond acceptors (Lipinski definition) is 1. The van der Waals surface area contributed by atoms with Crippen molar-refractivity contribution in [2.45, 2.75) is 6.92 Å². The van der Waals surface area contributed by atoms with Gasteiger partial charge in [0.25, 0.3) is 0 Å². The maximum absolute atomic E-state index is 13.2. The van der Waals surface area contributed by atoms with E-state index in [0.717, 1.165) is 16.6 Å². The number of hydrogen-bond donors (Lipinski definition) is 0. The Bertz CT molecular complexity index is 833. The molecular weight excluding hydrogens is 251 g/mol. The summed E-state index contributed by atoms with van der Waals surface area (Å²) < 4.78 is 15.0. The summed E-state index contributed by atoms with van der Waals surface area (Å²) in [6.07, 6.45) is 0. The van der Waals surface area contributed by atoms with Crippen molar-refractivity contribution in [3.05, 3.63) is 65.2 Å². The zero-order chi connectivity index (χ0) is 14.1. The molecule has 2 nitrogen and oxygen atoms in total. The molecule has 0 aliphatic heterocycles. The molecule has 0 saturated heterocycles. The van der Waals surface area contributed by atoms with Crippen LogP contribution in [0.1, 0.15) is 16.8 Å². The number of pyridine rings is 1. The lowest BCUT2D eigenvalue weighted by atomic mass is 10.1. The van der Waals surface area contributed by atoms with E-state index in [4.69, 9.17) is 0 Å². The molecule has 0 N–H and O–H groups in total. The van der Waals surface area contributed by atoms with E-state index >= 15 is 0 Å². The standard InChI is InChI=1S/C17H13FN2/c1-12-3-5-13(6-4-12)7-9-15-11-14-8-10-16(18)19-17(14)20(15)2/h3-6,8,10-11H,1-2H3. The topological polar surface area (TPSA) is 17.8 Å². The fourth-order valence-electron chi connectivity index (χ4n) is 2.07. The summed E-state index contributed by atoms with van der Waals surface area (Å²) in [4.78, 5) is 3.89. The second kappa shape index (κ2) is 4.82. The molecule has 20 heavy (non-hydrogen) atoms. The van der Waals surface area contributed by atoms with Crippen LogP contribution in [0.5, 0.6) is 0 Å². The first-order valence-electron chi connectivity index (χ1n) is 6.34. The zero-order valence-corrected chi connectivity index (χ0v) is 11.3. The molecule has 3 aromatic rings. The Morgan fingerprint density at radius 1 is 1.05 bits per heavy atom. The molecule has 2 heterocycles. The summed E-state index contributed by atoms with van der Waals surface area (Å²) in [6.45, 7) is 2.04. The van der Waals surface area contributed by atoms with Crippen molar-refractivity contribution in [3.63, 3.8) is 0 Å². The molecule has 0 amide bonds. The molecule has 0 saturated carbocycles. The first-order chi connectivity index (χ1) is 9.63. The van der Waals surface area contributed by atoms with Gasteiger partial charge in [-0.25, -0.2) is 4.98 Å².